The van der Waals surface area contributed by atoms with E-state index in [1.54, 1.807) is 0 Å². The molecule has 0 radical (unpaired) electrons. The summed E-state index contributed by atoms with van der Waals surface area (Å²) in [6.07, 6.45) is -4.87. The molecule has 0 aliphatic carbocycles. The maximum absolute atomic E-state index is 12.9. The van der Waals surface area contributed by atoms with Gasteiger partial charge in [0.25, 0.3) is 0 Å². The Kier molecular flexibility index (Phi) is 9.67. The minimum absolute atomic E-state index is 0.0961. The molecule has 0 bridgehead atoms. The summed E-state index contributed by atoms with van der Waals surface area (Å²) in [6.45, 7) is 7.48. The molecule has 0 aromatic heterocycles. The third-order valence-electron chi connectivity index (χ3n) is 5.37. The van der Waals surface area contributed by atoms with Gasteiger partial charge in [0.2, 0.25) is 5.91 Å². The van der Waals surface area contributed by atoms with Gasteiger partial charge < -0.3 is 24.4 Å². The smallest absolute Gasteiger partial charge is 0.422 e. The molecule has 1 aliphatic rings. The van der Waals surface area contributed by atoms with Crippen LogP contribution in [0.15, 0.2) is 18.2 Å². The van der Waals surface area contributed by atoms with Crippen LogP contribution in [0.5, 0.6) is 11.5 Å². The molecule has 2 amide bonds. The molecule has 1 saturated heterocycles. The van der Waals surface area contributed by atoms with E-state index in [-0.39, 0.29) is 36.9 Å². The summed E-state index contributed by atoms with van der Waals surface area (Å²) in [5.74, 6) is 0.860. The Morgan fingerprint density at radius 3 is 2.24 bits per heavy atom. The largest absolute Gasteiger partial charge is 0.490 e. The number of ether oxygens (including phenoxy) is 3. The van der Waals surface area contributed by atoms with Gasteiger partial charge in [0.05, 0.1) is 19.3 Å². The zero-order valence-corrected chi connectivity index (χ0v) is 19.5. The number of piperidine rings is 1. The van der Waals surface area contributed by atoms with Crippen molar-refractivity contribution in [2.24, 2.45) is 11.8 Å². The molecule has 10 heteroatoms. The highest BCUT2D eigenvalue weighted by Crippen LogP contribution is 2.33. The lowest BCUT2D eigenvalue weighted by molar-refractivity contribution is -0.162. The van der Waals surface area contributed by atoms with Crippen LogP contribution in [0.2, 0.25) is 0 Å². The first-order chi connectivity index (χ1) is 15.6. The van der Waals surface area contributed by atoms with Crippen molar-refractivity contribution in [2.45, 2.75) is 52.8 Å². The summed E-state index contributed by atoms with van der Waals surface area (Å²) >= 11 is 0. The number of rotatable bonds is 9. The number of nitrogens with zero attached hydrogens (tertiary/aromatic N) is 1. The van der Waals surface area contributed by atoms with Gasteiger partial charge >= 0.3 is 12.3 Å². The molecule has 7 nitrogen and oxygen atoms in total. The normalized spacial score (nSPS) is 15.8. The Hall–Kier alpha value is -2.65. The van der Waals surface area contributed by atoms with E-state index in [0.717, 1.165) is 5.56 Å². The summed E-state index contributed by atoms with van der Waals surface area (Å²) in [7, 11) is 0. The fraction of sp³-hybridized carbons (Fsp3) is 0.652. The standard InChI is InChI=1S/C23H33F3N2O5/c1-5-31-18-8-7-17(13-19(18)32-6-2)20(15(3)4)27-21(29)16-9-11-28(12-10-16)22(30)33-14-23(24,25)26/h7-8,13,15-16,20H,5-6,9-12,14H2,1-4H3,(H,27,29). The molecule has 1 aromatic carbocycles. The molecule has 1 atom stereocenters. The summed E-state index contributed by atoms with van der Waals surface area (Å²) in [6, 6.07) is 5.34. The van der Waals surface area contributed by atoms with Crippen molar-refractivity contribution >= 4 is 12.0 Å². The van der Waals surface area contributed by atoms with Crippen LogP contribution in [-0.2, 0) is 9.53 Å². The van der Waals surface area contributed by atoms with Crippen LogP contribution in [0.4, 0.5) is 18.0 Å². The highest BCUT2D eigenvalue weighted by Gasteiger charge is 2.33. The monoisotopic (exact) mass is 474 g/mol. The Balaban J connectivity index is 2.00. The van der Waals surface area contributed by atoms with Crippen LogP contribution >= 0.6 is 0 Å². The summed E-state index contributed by atoms with van der Waals surface area (Å²) in [4.78, 5) is 26.0. The van der Waals surface area contributed by atoms with Gasteiger partial charge in [0.15, 0.2) is 18.1 Å². The van der Waals surface area contributed by atoms with Crippen molar-refractivity contribution < 1.29 is 37.0 Å². The predicted molar refractivity (Wildman–Crippen MR) is 116 cm³/mol. The van der Waals surface area contributed by atoms with Gasteiger partial charge in [-0.05, 0) is 50.3 Å². The van der Waals surface area contributed by atoms with Crippen molar-refractivity contribution in [1.29, 1.82) is 0 Å². The fourth-order valence-electron chi connectivity index (χ4n) is 3.73. The molecule has 2 rings (SSSR count). The number of likely N-dealkylation sites (tertiary alicyclic amines) is 1. The molecule has 0 saturated carbocycles. The van der Waals surface area contributed by atoms with Gasteiger partial charge in [0.1, 0.15) is 0 Å². The minimum Gasteiger partial charge on any atom is -0.490 e. The zero-order chi connectivity index (χ0) is 24.6. The lowest BCUT2D eigenvalue weighted by Gasteiger charge is -2.32. The van der Waals surface area contributed by atoms with E-state index in [2.05, 4.69) is 10.1 Å². The Morgan fingerprint density at radius 1 is 1.09 bits per heavy atom. The molecule has 1 heterocycles. The van der Waals surface area contributed by atoms with Crippen molar-refractivity contribution in [2.75, 3.05) is 32.9 Å². The van der Waals surface area contributed by atoms with Gasteiger partial charge in [-0.1, -0.05) is 19.9 Å². The molecule has 0 spiro atoms. The molecular weight excluding hydrogens is 441 g/mol. The SMILES string of the molecule is CCOc1ccc(C(NC(=O)C2CCN(C(=O)OCC(F)(F)F)CC2)C(C)C)cc1OCC. The third kappa shape index (κ3) is 8.01. The number of carbonyl (C=O) groups is 2. The number of alkyl halides is 3. The lowest BCUT2D eigenvalue weighted by Crippen LogP contribution is -2.45. The molecule has 33 heavy (non-hydrogen) atoms. The average Bonchev–Trinajstić information content (AvgIpc) is 2.76. The second-order valence-corrected chi connectivity index (χ2v) is 8.23. The van der Waals surface area contributed by atoms with E-state index in [4.69, 9.17) is 9.47 Å². The van der Waals surface area contributed by atoms with Crippen molar-refractivity contribution in [3.63, 3.8) is 0 Å². The van der Waals surface area contributed by atoms with E-state index in [9.17, 15) is 22.8 Å². The topological polar surface area (TPSA) is 77.1 Å². The van der Waals surface area contributed by atoms with Crippen molar-refractivity contribution in [3.8, 4) is 11.5 Å². The van der Waals surface area contributed by atoms with Crippen molar-refractivity contribution in [1.82, 2.24) is 10.2 Å². The first-order valence-corrected chi connectivity index (χ1v) is 11.2. The lowest BCUT2D eigenvalue weighted by atomic mass is 9.92. The number of hydrogen-bond acceptors (Lipinski definition) is 5. The minimum atomic E-state index is -4.57. The molecule has 1 N–H and O–H groups in total. The molecule has 1 aromatic rings. The van der Waals surface area contributed by atoms with Gasteiger partial charge in [-0.25, -0.2) is 4.79 Å². The van der Waals surface area contributed by atoms with Gasteiger partial charge in [-0.3, -0.25) is 4.79 Å². The second-order valence-electron chi connectivity index (χ2n) is 8.23. The third-order valence-corrected chi connectivity index (χ3v) is 5.37. The van der Waals surface area contributed by atoms with E-state index in [1.807, 2.05) is 45.9 Å². The molecule has 1 fully saturated rings. The van der Waals surface area contributed by atoms with Crippen LogP contribution in [-0.4, -0.2) is 56.0 Å². The van der Waals surface area contributed by atoms with Crippen LogP contribution in [0, 0.1) is 11.8 Å². The van der Waals surface area contributed by atoms with Crippen LogP contribution < -0.4 is 14.8 Å². The summed E-state index contributed by atoms with van der Waals surface area (Å²) in [5.41, 5.74) is 0.887. The highest BCUT2D eigenvalue weighted by molar-refractivity contribution is 5.79. The Bertz CT molecular complexity index is 793. The predicted octanol–water partition coefficient (Wildman–Crippen LogP) is 4.71. The quantitative estimate of drug-likeness (QED) is 0.561. The van der Waals surface area contributed by atoms with Crippen molar-refractivity contribution in [3.05, 3.63) is 23.8 Å². The average molecular weight is 475 g/mol. The molecule has 1 unspecified atom stereocenters. The second kappa shape index (κ2) is 12.0. The highest BCUT2D eigenvalue weighted by atomic mass is 19.4. The van der Waals surface area contributed by atoms with Crippen LogP contribution in [0.1, 0.15) is 52.1 Å². The van der Waals surface area contributed by atoms with E-state index >= 15 is 0 Å². The summed E-state index contributed by atoms with van der Waals surface area (Å²) in [5, 5.41) is 3.09. The fourth-order valence-corrected chi connectivity index (χ4v) is 3.73. The molecular formula is C23H33F3N2O5. The molecule has 186 valence electrons. The maximum Gasteiger partial charge on any atom is 0.422 e. The first-order valence-electron chi connectivity index (χ1n) is 11.2. The first kappa shape index (κ1) is 26.6. The van der Waals surface area contributed by atoms with Gasteiger partial charge in [-0.2, -0.15) is 13.2 Å². The van der Waals surface area contributed by atoms with Gasteiger partial charge in [0, 0.05) is 19.0 Å². The Labute approximate surface area is 192 Å². The zero-order valence-electron chi connectivity index (χ0n) is 19.5. The molecule has 1 aliphatic heterocycles. The van der Waals surface area contributed by atoms with Crippen LogP contribution in [0.3, 0.4) is 0 Å². The maximum atomic E-state index is 12.9. The number of carbonyl (C=O) groups excluding carboxylic acids is 2. The van der Waals surface area contributed by atoms with Crippen LogP contribution in [0.25, 0.3) is 0 Å². The number of amides is 2. The van der Waals surface area contributed by atoms with E-state index in [1.165, 1.54) is 4.90 Å². The van der Waals surface area contributed by atoms with E-state index < -0.39 is 18.9 Å². The van der Waals surface area contributed by atoms with E-state index in [0.29, 0.717) is 37.6 Å². The Morgan fingerprint density at radius 2 is 1.70 bits per heavy atom. The van der Waals surface area contributed by atoms with Gasteiger partial charge in [-0.15, -0.1) is 0 Å². The number of halogens is 3. The number of benzene rings is 1. The number of hydrogen-bond donors (Lipinski definition) is 1. The summed E-state index contributed by atoms with van der Waals surface area (Å²) < 4.78 is 52.3. The number of nitrogens with one attached hydrogen (secondary N) is 1.